The Morgan fingerprint density at radius 3 is 2.23 bits per heavy atom. The largest absolute Gasteiger partial charge is 0.353 e. The maximum absolute atomic E-state index is 12.9. The monoisotopic (exact) mass is 385 g/mol. The summed E-state index contributed by atoms with van der Waals surface area (Å²) in [4.78, 5) is 15.5. The van der Waals surface area contributed by atoms with Crippen molar-refractivity contribution in [2.24, 2.45) is 0 Å². The topological polar surface area (TPSA) is 69.7 Å². The van der Waals surface area contributed by atoms with Crippen molar-refractivity contribution in [3.05, 3.63) is 0 Å². The van der Waals surface area contributed by atoms with Gasteiger partial charge >= 0.3 is 0 Å². The van der Waals surface area contributed by atoms with Crippen molar-refractivity contribution in [2.75, 3.05) is 32.4 Å². The minimum absolute atomic E-state index is 0.0823. The molecule has 2 aliphatic heterocycles. The summed E-state index contributed by atoms with van der Waals surface area (Å²) >= 11 is 0. The summed E-state index contributed by atoms with van der Waals surface area (Å²) in [5.74, 6) is -0.0999. The van der Waals surface area contributed by atoms with Crippen LogP contribution in [0.15, 0.2) is 0 Å². The van der Waals surface area contributed by atoms with Crippen LogP contribution in [0.25, 0.3) is 0 Å². The van der Waals surface area contributed by atoms with E-state index in [1.807, 2.05) is 0 Å². The number of hydrogen-bond donors (Lipinski definition) is 1. The Hall–Kier alpha value is -0.660. The predicted octanol–water partition coefficient (Wildman–Crippen LogP) is 2.11. The van der Waals surface area contributed by atoms with Crippen molar-refractivity contribution in [3.8, 4) is 0 Å². The number of piperidine rings is 2. The predicted molar refractivity (Wildman–Crippen MR) is 103 cm³/mol. The molecule has 1 amide bonds. The van der Waals surface area contributed by atoms with E-state index in [1.54, 1.807) is 0 Å². The molecule has 1 saturated carbocycles. The van der Waals surface area contributed by atoms with Gasteiger partial charge in [-0.2, -0.15) is 4.31 Å². The Labute approximate surface area is 158 Å². The van der Waals surface area contributed by atoms with Gasteiger partial charge in [0.2, 0.25) is 15.9 Å². The summed E-state index contributed by atoms with van der Waals surface area (Å²) in [6, 6.07) is -0.527. The molecule has 26 heavy (non-hydrogen) atoms. The third-order valence-electron chi connectivity index (χ3n) is 6.59. The molecule has 3 fully saturated rings. The van der Waals surface area contributed by atoms with E-state index in [2.05, 4.69) is 10.2 Å². The molecular formula is C19H35N3O3S. The molecule has 2 saturated heterocycles. The highest BCUT2D eigenvalue weighted by Gasteiger charge is 2.40. The Kier molecular flexibility index (Phi) is 6.62. The van der Waals surface area contributed by atoms with Crippen molar-refractivity contribution in [2.45, 2.75) is 82.2 Å². The number of carbonyl (C=O) groups is 1. The Morgan fingerprint density at radius 2 is 1.58 bits per heavy atom. The van der Waals surface area contributed by atoms with Gasteiger partial charge in [-0.05, 0) is 51.6 Å². The quantitative estimate of drug-likeness (QED) is 0.787. The molecule has 1 unspecified atom stereocenters. The van der Waals surface area contributed by atoms with Gasteiger partial charge in [0.25, 0.3) is 0 Å². The normalized spacial score (nSPS) is 28.6. The molecule has 2 heterocycles. The van der Waals surface area contributed by atoms with E-state index in [0.29, 0.717) is 19.5 Å². The van der Waals surface area contributed by atoms with Gasteiger partial charge in [0.05, 0.1) is 6.26 Å². The molecular weight excluding hydrogens is 350 g/mol. The van der Waals surface area contributed by atoms with E-state index in [9.17, 15) is 13.2 Å². The van der Waals surface area contributed by atoms with Crippen molar-refractivity contribution < 1.29 is 13.2 Å². The summed E-state index contributed by atoms with van der Waals surface area (Å²) in [6.07, 6.45) is 13.5. The molecule has 1 atom stereocenters. The van der Waals surface area contributed by atoms with E-state index in [0.717, 1.165) is 38.8 Å². The lowest BCUT2D eigenvalue weighted by Crippen LogP contribution is -2.60. The first-order chi connectivity index (χ1) is 12.4. The van der Waals surface area contributed by atoms with Crippen LogP contribution in [-0.4, -0.2) is 67.5 Å². The number of rotatable bonds is 5. The number of hydrogen-bond acceptors (Lipinski definition) is 4. The van der Waals surface area contributed by atoms with Crippen LogP contribution in [0, 0.1) is 0 Å². The fraction of sp³-hybridized carbons (Fsp3) is 0.947. The highest BCUT2D eigenvalue weighted by Crippen LogP contribution is 2.35. The second kappa shape index (κ2) is 8.57. The van der Waals surface area contributed by atoms with E-state index in [4.69, 9.17) is 0 Å². The molecule has 0 bridgehead atoms. The van der Waals surface area contributed by atoms with E-state index in [1.165, 1.54) is 49.1 Å². The first-order valence-corrected chi connectivity index (χ1v) is 12.3. The van der Waals surface area contributed by atoms with E-state index >= 15 is 0 Å². The van der Waals surface area contributed by atoms with Crippen LogP contribution in [0.2, 0.25) is 0 Å². The highest BCUT2D eigenvalue weighted by atomic mass is 32.2. The zero-order chi connectivity index (χ0) is 18.6. The fourth-order valence-corrected chi connectivity index (χ4v) is 6.24. The number of likely N-dealkylation sites (tertiary alicyclic amines) is 1. The molecule has 3 rings (SSSR count). The van der Waals surface area contributed by atoms with Gasteiger partial charge in [-0.25, -0.2) is 8.42 Å². The van der Waals surface area contributed by atoms with Crippen LogP contribution < -0.4 is 5.32 Å². The van der Waals surface area contributed by atoms with Gasteiger partial charge in [-0.1, -0.05) is 32.1 Å². The lowest BCUT2D eigenvalue weighted by atomic mass is 9.79. The molecule has 150 valence electrons. The average Bonchev–Trinajstić information content (AvgIpc) is 2.67. The maximum Gasteiger partial charge on any atom is 0.238 e. The van der Waals surface area contributed by atoms with Crippen LogP contribution >= 0.6 is 0 Å². The van der Waals surface area contributed by atoms with Crippen molar-refractivity contribution >= 4 is 15.9 Å². The summed E-state index contributed by atoms with van der Waals surface area (Å²) in [7, 11) is -3.34. The average molecular weight is 386 g/mol. The molecule has 0 spiro atoms. The zero-order valence-electron chi connectivity index (χ0n) is 16.2. The molecule has 0 aromatic heterocycles. The van der Waals surface area contributed by atoms with Crippen LogP contribution in [0.5, 0.6) is 0 Å². The number of carbonyl (C=O) groups excluding carboxylic acids is 1. The Balaban J connectivity index is 1.67. The standard InChI is InChI=1S/C19H35N3O3S/c1-26(24,25)22-15-9-4-10-17(22)18(23)20-16-19(11-5-2-6-12-19)21-13-7-3-8-14-21/h17H,2-16H2,1H3,(H,20,23). The minimum atomic E-state index is -3.34. The van der Waals surface area contributed by atoms with Gasteiger partial charge < -0.3 is 5.32 Å². The molecule has 1 aliphatic carbocycles. The molecule has 0 radical (unpaired) electrons. The SMILES string of the molecule is CS(=O)(=O)N1CCCCC1C(=O)NCC1(N2CCCCC2)CCCCC1. The van der Waals surface area contributed by atoms with Crippen LogP contribution in [0.3, 0.4) is 0 Å². The van der Waals surface area contributed by atoms with Gasteiger partial charge in [-0.15, -0.1) is 0 Å². The van der Waals surface area contributed by atoms with Gasteiger partial charge in [0.1, 0.15) is 6.04 Å². The summed E-state index contributed by atoms with van der Waals surface area (Å²) in [5.41, 5.74) is 0.0823. The van der Waals surface area contributed by atoms with Crippen LogP contribution in [-0.2, 0) is 14.8 Å². The third-order valence-corrected chi connectivity index (χ3v) is 7.87. The van der Waals surface area contributed by atoms with Gasteiger partial charge in [-0.3, -0.25) is 9.69 Å². The Bertz CT molecular complexity index is 581. The second-order valence-corrected chi connectivity index (χ2v) is 10.4. The second-order valence-electron chi connectivity index (χ2n) is 8.44. The maximum atomic E-state index is 12.9. The number of amides is 1. The molecule has 1 N–H and O–H groups in total. The molecule has 7 heteroatoms. The highest BCUT2D eigenvalue weighted by molar-refractivity contribution is 7.88. The fourth-order valence-electron chi connectivity index (χ4n) is 5.12. The van der Waals surface area contributed by atoms with Crippen LogP contribution in [0.1, 0.15) is 70.6 Å². The minimum Gasteiger partial charge on any atom is -0.353 e. The number of nitrogens with zero attached hydrogens (tertiary/aromatic N) is 2. The summed E-state index contributed by atoms with van der Waals surface area (Å²) in [5, 5.41) is 3.18. The van der Waals surface area contributed by atoms with Gasteiger partial charge in [0.15, 0.2) is 0 Å². The van der Waals surface area contributed by atoms with Crippen molar-refractivity contribution in [1.29, 1.82) is 0 Å². The first-order valence-electron chi connectivity index (χ1n) is 10.4. The molecule has 6 nitrogen and oxygen atoms in total. The number of nitrogens with one attached hydrogen (secondary N) is 1. The molecule has 3 aliphatic rings. The van der Waals surface area contributed by atoms with Gasteiger partial charge in [0, 0.05) is 18.6 Å². The third kappa shape index (κ3) is 4.60. The van der Waals surface area contributed by atoms with Crippen molar-refractivity contribution in [1.82, 2.24) is 14.5 Å². The summed E-state index contributed by atoms with van der Waals surface area (Å²) < 4.78 is 25.5. The lowest BCUT2D eigenvalue weighted by Gasteiger charge is -2.48. The number of sulfonamides is 1. The van der Waals surface area contributed by atoms with Crippen molar-refractivity contribution in [3.63, 3.8) is 0 Å². The first kappa shape index (κ1) is 20.1. The van der Waals surface area contributed by atoms with E-state index < -0.39 is 16.1 Å². The zero-order valence-corrected chi connectivity index (χ0v) is 17.0. The lowest BCUT2D eigenvalue weighted by molar-refractivity contribution is -0.126. The molecule has 0 aromatic rings. The summed E-state index contributed by atoms with van der Waals surface area (Å²) in [6.45, 7) is 3.40. The Morgan fingerprint density at radius 1 is 0.962 bits per heavy atom. The molecule has 0 aromatic carbocycles. The van der Waals surface area contributed by atoms with E-state index in [-0.39, 0.29) is 11.4 Å². The smallest absolute Gasteiger partial charge is 0.238 e. The van der Waals surface area contributed by atoms with Crippen LogP contribution in [0.4, 0.5) is 0 Å².